The molecule has 2 rings (SSSR count). The van der Waals surface area contributed by atoms with Crippen molar-refractivity contribution >= 4 is 11.8 Å². The topological polar surface area (TPSA) is 3.24 Å². The van der Waals surface area contributed by atoms with Gasteiger partial charge in [-0.05, 0) is 68.1 Å². The standard InChI is InChI=1S/C18H29NS/c1-4-12-19(13-5-2)16-11-10-15-8-7-9-18(20-6-3)17(15)14-16/h7-9,16H,4-6,10-14H2,1-3H3. The number of rotatable bonds is 7. The third-order valence-corrected chi connectivity index (χ3v) is 5.24. The fraction of sp³-hybridized carbons (Fsp3) is 0.667. The molecule has 0 spiro atoms. The lowest BCUT2D eigenvalue weighted by atomic mass is 9.87. The summed E-state index contributed by atoms with van der Waals surface area (Å²) in [5.74, 6) is 1.18. The largest absolute Gasteiger partial charge is 0.300 e. The lowest BCUT2D eigenvalue weighted by Crippen LogP contribution is -2.40. The van der Waals surface area contributed by atoms with Crippen LogP contribution in [0.4, 0.5) is 0 Å². The second-order valence-corrected chi connectivity index (χ2v) is 7.07. The Balaban J connectivity index is 2.15. The highest BCUT2D eigenvalue weighted by atomic mass is 32.2. The van der Waals surface area contributed by atoms with E-state index in [1.807, 2.05) is 11.8 Å². The summed E-state index contributed by atoms with van der Waals surface area (Å²) in [5, 5.41) is 0. The highest BCUT2D eigenvalue weighted by Crippen LogP contribution is 2.32. The molecule has 2 heteroatoms. The third-order valence-electron chi connectivity index (χ3n) is 4.25. The normalized spacial score (nSPS) is 18.3. The molecular weight excluding hydrogens is 262 g/mol. The zero-order valence-electron chi connectivity index (χ0n) is 13.3. The Labute approximate surface area is 129 Å². The molecular formula is C18H29NS. The molecule has 1 unspecified atom stereocenters. The number of aryl methyl sites for hydroxylation is 1. The van der Waals surface area contributed by atoms with Gasteiger partial charge in [-0.1, -0.05) is 32.9 Å². The van der Waals surface area contributed by atoms with Gasteiger partial charge in [-0.25, -0.2) is 0 Å². The van der Waals surface area contributed by atoms with Gasteiger partial charge in [0.15, 0.2) is 0 Å². The molecule has 0 aromatic heterocycles. The molecule has 1 nitrogen and oxygen atoms in total. The second kappa shape index (κ2) is 8.09. The molecule has 112 valence electrons. The first-order chi connectivity index (χ1) is 9.80. The van der Waals surface area contributed by atoms with Gasteiger partial charge in [0.05, 0.1) is 0 Å². The Morgan fingerprint density at radius 3 is 2.55 bits per heavy atom. The fourth-order valence-corrected chi connectivity index (χ4v) is 4.27. The van der Waals surface area contributed by atoms with Crippen molar-refractivity contribution in [1.82, 2.24) is 4.90 Å². The predicted molar refractivity (Wildman–Crippen MR) is 90.8 cm³/mol. The molecule has 0 heterocycles. The van der Waals surface area contributed by atoms with Crippen LogP contribution >= 0.6 is 11.8 Å². The maximum atomic E-state index is 2.73. The lowest BCUT2D eigenvalue weighted by molar-refractivity contribution is 0.179. The molecule has 1 aromatic rings. The van der Waals surface area contributed by atoms with E-state index < -0.39 is 0 Å². The Bertz CT molecular complexity index is 410. The average Bonchev–Trinajstić information content (AvgIpc) is 2.47. The summed E-state index contributed by atoms with van der Waals surface area (Å²) >= 11 is 2.01. The van der Waals surface area contributed by atoms with Crippen molar-refractivity contribution in [2.24, 2.45) is 0 Å². The summed E-state index contributed by atoms with van der Waals surface area (Å²) in [6, 6.07) is 7.67. The van der Waals surface area contributed by atoms with Gasteiger partial charge in [0.2, 0.25) is 0 Å². The smallest absolute Gasteiger partial charge is 0.0139 e. The van der Waals surface area contributed by atoms with Gasteiger partial charge in [-0.15, -0.1) is 11.8 Å². The minimum absolute atomic E-state index is 0.765. The van der Waals surface area contributed by atoms with Crippen molar-refractivity contribution in [3.05, 3.63) is 29.3 Å². The van der Waals surface area contributed by atoms with Gasteiger partial charge >= 0.3 is 0 Å². The van der Waals surface area contributed by atoms with E-state index in [1.54, 1.807) is 11.1 Å². The molecule has 1 aliphatic carbocycles. The minimum Gasteiger partial charge on any atom is -0.300 e. The van der Waals surface area contributed by atoms with Crippen LogP contribution in [0.25, 0.3) is 0 Å². The number of nitrogens with zero attached hydrogens (tertiary/aromatic N) is 1. The molecule has 0 fully saturated rings. The number of hydrogen-bond donors (Lipinski definition) is 0. The SMILES string of the molecule is CCCN(CCC)C1CCc2cccc(SCC)c2C1. The van der Waals surface area contributed by atoms with Gasteiger partial charge in [-0.2, -0.15) is 0 Å². The second-order valence-electron chi connectivity index (χ2n) is 5.76. The zero-order valence-corrected chi connectivity index (χ0v) is 14.1. The number of hydrogen-bond acceptors (Lipinski definition) is 2. The Morgan fingerprint density at radius 1 is 1.15 bits per heavy atom. The summed E-state index contributed by atoms with van der Waals surface area (Å²) in [5.41, 5.74) is 3.25. The number of fused-ring (bicyclic) bond motifs is 1. The quantitative estimate of drug-likeness (QED) is 0.665. The molecule has 20 heavy (non-hydrogen) atoms. The first kappa shape index (κ1) is 15.9. The van der Waals surface area contributed by atoms with Crippen LogP contribution in [-0.2, 0) is 12.8 Å². The Kier molecular flexibility index (Phi) is 6.44. The van der Waals surface area contributed by atoms with Gasteiger partial charge in [-0.3, -0.25) is 0 Å². The van der Waals surface area contributed by atoms with Crippen molar-refractivity contribution in [3.63, 3.8) is 0 Å². The first-order valence-electron chi connectivity index (χ1n) is 8.27. The van der Waals surface area contributed by atoms with Crippen molar-refractivity contribution in [2.75, 3.05) is 18.8 Å². The molecule has 0 amide bonds. The maximum absolute atomic E-state index is 2.73. The van der Waals surface area contributed by atoms with E-state index in [2.05, 4.69) is 43.9 Å². The van der Waals surface area contributed by atoms with Gasteiger partial charge in [0, 0.05) is 10.9 Å². The van der Waals surface area contributed by atoms with E-state index in [4.69, 9.17) is 0 Å². The Hall–Kier alpha value is -0.470. The summed E-state index contributed by atoms with van der Waals surface area (Å²) in [6.07, 6.45) is 6.41. The molecule has 0 bridgehead atoms. The van der Waals surface area contributed by atoms with Crippen LogP contribution in [0, 0.1) is 0 Å². The fourth-order valence-electron chi connectivity index (χ4n) is 3.39. The van der Waals surface area contributed by atoms with Crippen molar-refractivity contribution in [1.29, 1.82) is 0 Å². The summed E-state index contributed by atoms with van der Waals surface area (Å²) < 4.78 is 0. The van der Waals surface area contributed by atoms with Crippen LogP contribution in [0.15, 0.2) is 23.1 Å². The Morgan fingerprint density at radius 2 is 1.90 bits per heavy atom. The van der Waals surface area contributed by atoms with Crippen molar-refractivity contribution in [3.8, 4) is 0 Å². The zero-order chi connectivity index (χ0) is 14.4. The van der Waals surface area contributed by atoms with Crippen LogP contribution in [0.5, 0.6) is 0 Å². The van der Waals surface area contributed by atoms with Crippen LogP contribution in [0.1, 0.15) is 51.2 Å². The molecule has 1 aromatic carbocycles. The van der Waals surface area contributed by atoms with E-state index in [0.29, 0.717) is 0 Å². The number of thioether (sulfide) groups is 1. The van der Waals surface area contributed by atoms with Crippen LogP contribution in [-0.4, -0.2) is 29.8 Å². The van der Waals surface area contributed by atoms with Crippen LogP contribution < -0.4 is 0 Å². The van der Waals surface area contributed by atoms with Crippen molar-refractivity contribution in [2.45, 2.75) is 63.8 Å². The molecule has 0 radical (unpaired) electrons. The molecule has 0 saturated heterocycles. The van der Waals surface area contributed by atoms with Gasteiger partial charge in [0.25, 0.3) is 0 Å². The predicted octanol–water partition coefficient (Wildman–Crippen LogP) is 4.78. The van der Waals surface area contributed by atoms with Crippen molar-refractivity contribution < 1.29 is 0 Å². The summed E-state index contributed by atoms with van der Waals surface area (Å²) in [4.78, 5) is 4.26. The molecule has 0 N–H and O–H groups in total. The maximum Gasteiger partial charge on any atom is 0.0139 e. The van der Waals surface area contributed by atoms with E-state index in [-0.39, 0.29) is 0 Å². The average molecular weight is 292 g/mol. The molecule has 1 atom stereocenters. The molecule has 1 aliphatic rings. The summed E-state index contributed by atoms with van der Waals surface area (Å²) in [6.45, 7) is 9.38. The van der Waals surface area contributed by atoms with E-state index in [9.17, 15) is 0 Å². The van der Waals surface area contributed by atoms with Gasteiger partial charge in [0.1, 0.15) is 0 Å². The molecule has 0 saturated carbocycles. The highest BCUT2D eigenvalue weighted by Gasteiger charge is 2.24. The third kappa shape index (κ3) is 3.79. The van der Waals surface area contributed by atoms with Gasteiger partial charge < -0.3 is 4.90 Å². The van der Waals surface area contributed by atoms with Crippen LogP contribution in [0.3, 0.4) is 0 Å². The van der Waals surface area contributed by atoms with E-state index in [0.717, 1.165) is 6.04 Å². The molecule has 0 aliphatic heterocycles. The summed E-state index contributed by atoms with van der Waals surface area (Å²) in [7, 11) is 0. The number of benzene rings is 1. The monoisotopic (exact) mass is 291 g/mol. The first-order valence-corrected chi connectivity index (χ1v) is 9.26. The lowest BCUT2D eigenvalue weighted by Gasteiger charge is -2.35. The van der Waals surface area contributed by atoms with E-state index in [1.165, 1.54) is 55.8 Å². The highest BCUT2D eigenvalue weighted by molar-refractivity contribution is 7.99. The van der Waals surface area contributed by atoms with E-state index >= 15 is 0 Å². The van der Waals surface area contributed by atoms with Crippen LogP contribution in [0.2, 0.25) is 0 Å². The minimum atomic E-state index is 0.765.